The second-order valence-corrected chi connectivity index (χ2v) is 4.11. The van der Waals surface area contributed by atoms with Gasteiger partial charge in [-0.15, -0.1) is 0 Å². The summed E-state index contributed by atoms with van der Waals surface area (Å²) in [5.41, 5.74) is 0.259. The molecule has 5 heteroatoms. The molecule has 0 saturated carbocycles. The van der Waals surface area contributed by atoms with Crippen LogP contribution in [0.25, 0.3) is 0 Å². The minimum atomic E-state index is -1.08. The first-order valence-electron chi connectivity index (χ1n) is 5.22. The molecule has 1 aliphatic carbocycles. The molecule has 2 unspecified atom stereocenters. The number of aliphatic carboxylic acids is 2. The van der Waals surface area contributed by atoms with Crippen LogP contribution < -0.4 is 0 Å². The van der Waals surface area contributed by atoms with Crippen LogP contribution in [0.1, 0.15) is 32.6 Å². The van der Waals surface area contributed by atoms with Gasteiger partial charge in [0, 0.05) is 0 Å². The van der Waals surface area contributed by atoms with Crippen molar-refractivity contribution in [2.24, 2.45) is 0 Å². The molecule has 90 valence electrons. The van der Waals surface area contributed by atoms with Gasteiger partial charge in [0.1, 0.15) is 6.10 Å². The Morgan fingerprint density at radius 1 is 1.38 bits per heavy atom. The van der Waals surface area contributed by atoms with Crippen LogP contribution in [-0.4, -0.2) is 33.9 Å². The van der Waals surface area contributed by atoms with Gasteiger partial charge >= 0.3 is 11.9 Å². The number of fused-ring (bicyclic) bond motifs is 1. The molecule has 5 nitrogen and oxygen atoms in total. The Hall–Kier alpha value is -1.36. The van der Waals surface area contributed by atoms with Gasteiger partial charge in [0.2, 0.25) is 0 Å². The molecule has 0 bridgehead atoms. The topological polar surface area (TPSA) is 87.1 Å². The van der Waals surface area contributed by atoms with Gasteiger partial charge in [-0.25, -0.2) is 0 Å². The van der Waals surface area contributed by atoms with Crippen LogP contribution >= 0.6 is 0 Å². The highest BCUT2D eigenvalue weighted by Crippen LogP contribution is 2.43. The number of hydrogen-bond acceptors (Lipinski definition) is 3. The highest BCUT2D eigenvalue weighted by molar-refractivity contribution is 5.75. The first-order chi connectivity index (χ1) is 7.44. The summed E-state index contributed by atoms with van der Waals surface area (Å²) in [5.74, 6) is -2.15. The van der Waals surface area contributed by atoms with E-state index in [1.54, 1.807) is 0 Å². The maximum Gasteiger partial charge on any atom is 0.303 e. The fourth-order valence-corrected chi connectivity index (χ4v) is 1.50. The van der Waals surface area contributed by atoms with Crippen molar-refractivity contribution in [2.75, 3.05) is 0 Å². The average molecular weight is 228 g/mol. The summed E-state index contributed by atoms with van der Waals surface area (Å²) in [5, 5.41) is 15.8. The minimum absolute atomic E-state index is 0.259. The first kappa shape index (κ1) is 12.7. The Bertz CT molecular complexity index is 295. The molecule has 0 aromatic carbocycles. The van der Waals surface area contributed by atoms with Gasteiger partial charge in [-0.3, -0.25) is 9.59 Å². The summed E-state index contributed by atoms with van der Waals surface area (Å²) >= 11 is 0. The number of carboxylic acids is 2. The molecular formula is C11H16O5. The average Bonchev–Trinajstić information content (AvgIpc) is 2.87. The summed E-state index contributed by atoms with van der Waals surface area (Å²) < 4.78 is 5.38. The van der Waals surface area contributed by atoms with Gasteiger partial charge < -0.3 is 14.9 Å². The summed E-state index contributed by atoms with van der Waals surface area (Å²) in [6.07, 6.45) is 6.67. The zero-order valence-corrected chi connectivity index (χ0v) is 9.18. The Labute approximate surface area is 93.7 Å². The van der Waals surface area contributed by atoms with Gasteiger partial charge in [0.15, 0.2) is 0 Å². The third kappa shape index (κ3) is 4.02. The zero-order chi connectivity index (χ0) is 12.2. The van der Waals surface area contributed by atoms with Crippen LogP contribution in [-0.2, 0) is 14.3 Å². The van der Waals surface area contributed by atoms with Gasteiger partial charge in [0.05, 0.1) is 18.4 Å². The minimum Gasteiger partial charge on any atom is -0.481 e. The SMILES string of the molecule is CC12CCC=CC1O2.O=C(O)CCC(=O)O. The Kier molecular flexibility index (Phi) is 4.06. The van der Waals surface area contributed by atoms with Crippen molar-refractivity contribution in [1.82, 2.24) is 0 Å². The fourth-order valence-electron chi connectivity index (χ4n) is 1.50. The standard InChI is InChI=1S/C7H10O.C4H6O4/c1-7-5-3-2-4-6(7)8-7;5-3(6)1-2-4(7)8/h2,4,6H,3,5H2,1H3;1-2H2,(H,5,6)(H,7,8). The molecule has 2 atom stereocenters. The van der Waals surface area contributed by atoms with E-state index in [9.17, 15) is 9.59 Å². The number of hydrogen-bond donors (Lipinski definition) is 2. The van der Waals surface area contributed by atoms with E-state index in [4.69, 9.17) is 14.9 Å². The van der Waals surface area contributed by atoms with E-state index < -0.39 is 11.9 Å². The van der Waals surface area contributed by atoms with E-state index in [0.717, 1.165) is 0 Å². The van der Waals surface area contributed by atoms with Crippen molar-refractivity contribution in [1.29, 1.82) is 0 Å². The smallest absolute Gasteiger partial charge is 0.303 e. The molecule has 1 saturated heterocycles. The second-order valence-electron chi connectivity index (χ2n) is 4.11. The lowest BCUT2D eigenvalue weighted by molar-refractivity contribution is -0.143. The Morgan fingerprint density at radius 2 is 1.94 bits per heavy atom. The number of carboxylic acid groups (broad SMARTS) is 2. The predicted molar refractivity (Wildman–Crippen MR) is 56.2 cm³/mol. The molecule has 16 heavy (non-hydrogen) atoms. The highest BCUT2D eigenvalue weighted by atomic mass is 16.6. The van der Waals surface area contributed by atoms with Crippen molar-refractivity contribution >= 4 is 11.9 Å². The first-order valence-corrected chi connectivity index (χ1v) is 5.22. The van der Waals surface area contributed by atoms with E-state index in [0.29, 0.717) is 6.10 Å². The quantitative estimate of drug-likeness (QED) is 0.563. The molecule has 2 rings (SSSR count). The van der Waals surface area contributed by atoms with Gasteiger partial charge in [-0.1, -0.05) is 12.2 Å². The lowest BCUT2D eigenvalue weighted by atomic mass is 9.97. The summed E-state index contributed by atoms with van der Waals surface area (Å²) in [6.45, 7) is 2.18. The summed E-state index contributed by atoms with van der Waals surface area (Å²) in [4.78, 5) is 19.3. The third-order valence-electron chi connectivity index (χ3n) is 2.61. The molecular weight excluding hydrogens is 212 g/mol. The van der Waals surface area contributed by atoms with Crippen LogP contribution in [0.4, 0.5) is 0 Å². The van der Waals surface area contributed by atoms with E-state index >= 15 is 0 Å². The Balaban J connectivity index is 0.000000160. The normalized spacial score (nSPS) is 29.7. The molecule has 0 amide bonds. The van der Waals surface area contributed by atoms with Crippen LogP contribution in [0.15, 0.2) is 12.2 Å². The predicted octanol–water partition coefficient (Wildman–Crippen LogP) is 1.43. The number of carbonyl (C=O) groups is 2. The van der Waals surface area contributed by atoms with Crippen LogP contribution in [0.3, 0.4) is 0 Å². The molecule has 0 radical (unpaired) electrons. The van der Waals surface area contributed by atoms with E-state index in [1.165, 1.54) is 12.8 Å². The van der Waals surface area contributed by atoms with Crippen molar-refractivity contribution < 1.29 is 24.5 Å². The van der Waals surface area contributed by atoms with Gasteiger partial charge in [-0.05, 0) is 19.8 Å². The molecule has 0 aromatic rings. The molecule has 1 fully saturated rings. The van der Waals surface area contributed by atoms with Gasteiger partial charge in [0.25, 0.3) is 0 Å². The number of ether oxygens (including phenoxy) is 1. The third-order valence-corrected chi connectivity index (χ3v) is 2.61. The van der Waals surface area contributed by atoms with Crippen molar-refractivity contribution in [3.05, 3.63) is 12.2 Å². The van der Waals surface area contributed by atoms with Crippen molar-refractivity contribution in [2.45, 2.75) is 44.3 Å². The molecule has 1 aliphatic heterocycles. The lowest BCUT2D eigenvalue weighted by Crippen LogP contribution is -2.10. The summed E-state index contributed by atoms with van der Waals surface area (Å²) in [7, 11) is 0. The Morgan fingerprint density at radius 3 is 2.25 bits per heavy atom. The van der Waals surface area contributed by atoms with E-state index in [1.807, 2.05) is 0 Å². The van der Waals surface area contributed by atoms with Crippen molar-refractivity contribution in [3.8, 4) is 0 Å². The molecule has 0 aromatic heterocycles. The zero-order valence-electron chi connectivity index (χ0n) is 9.18. The molecule has 2 aliphatic rings. The monoisotopic (exact) mass is 228 g/mol. The van der Waals surface area contributed by atoms with Crippen LogP contribution in [0, 0.1) is 0 Å². The van der Waals surface area contributed by atoms with Gasteiger partial charge in [-0.2, -0.15) is 0 Å². The number of allylic oxidation sites excluding steroid dienone is 1. The molecule has 1 heterocycles. The van der Waals surface area contributed by atoms with Crippen molar-refractivity contribution in [3.63, 3.8) is 0 Å². The van der Waals surface area contributed by atoms with E-state index in [2.05, 4.69) is 19.1 Å². The number of rotatable bonds is 3. The van der Waals surface area contributed by atoms with E-state index in [-0.39, 0.29) is 18.4 Å². The molecule has 0 spiro atoms. The maximum absolute atomic E-state index is 9.64. The fraction of sp³-hybridized carbons (Fsp3) is 0.636. The maximum atomic E-state index is 9.64. The lowest BCUT2D eigenvalue weighted by Gasteiger charge is -2.04. The highest BCUT2D eigenvalue weighted by Gasteiger charge is 2.50. The molecule has 2 N–H and O–H groups in total. The second kappa shape index (κ2) is 5.12. The largest absolute Gasteiger partial charge is 0.481 e. The van der Waals surface area contributed by atoms with Crippen LogP contribution in [0.2, 0.25) is 0 Å². The van der Waals surface area contributed by atoms with Crippen LogP contribution in [0.5, 0.6) is 0 Å². The summed E-state index contributed by atoms with van der Waals surface area (Å²) in [6, 6.07) is 0. The number of epoxide rings is 1.